The van der Waals surface area contributed by atoms with Crippen molar-refractivity contribution in [1.82, 2.24) is 9.97 Å². The first-order valence-corrected chi connectivity index (χ1v) is 8.28. The van der Waals surface area contributed by atoms with E-state index in [2.05, 4.69) is 15.3 Å². The number of Topliss-reactive ketones (excluding diaryl/α,β-unsaturated/α-hetero) is 1. The number of ether oxygens (including phenoxy) is 1. The highest BCUT2D eigenvalue weighted by Gasteiger charge is 2.20. The number of fused-ring (bicyclic) bond motifs is 1. The minimum Gasteiger partial charge on any atom is -0.448 e. The van der Waals surface area contributed by atoms with Crippen LogP contribution in [0, 0.1) is 0 Å². The van der Waals surface area contributed by atoms with E-state index in [1.54, 1.807) is 42.5 Å². The smallest absolute Gasteiger partial charge is 0.359 e. The molecule has 0 unspecified atom stereocenters. The third-order valence-electron chi connectivity index (χ3n) is 3.87. The van der Waals surface area contributed by atoms with Crippen LogP contribution in [0.1, 0.15) is 34.7 Å². The van der Waals surface area contributed by atoms with Crippen LogP contribution in [0.4, 0.5) is 5.69 Å². The lowest BCUT2D eigenvalue weighted by atomic mass is 10.1. The van der Waals surface area contributed by atoms with Crippen LogP contribution >= 0.6 is 0 Å². The monoisotopic (exact) mass is 363 g/mol. The zero-order valence-corrected chi connectivity index (χ0v) is 14.8. The molecule has 0 radical (unpaired) electrons. The molecule has 1 atom stereocenters. The van der Waals surface area contributed by atoms with Gasteiger partial charge in [0.15, 0.2) is 17.6 Å². The summed E-state index contributed by atoms with van der Waals surface area (Å²) in [5, 5.41) is 2.63. The molecule has 136 valence electrons. The first kappa shape index (κ1) is 18.2. The summed E-state index contributed by atoms with van der Waals surface area (Å²) in [5.41, 5.74) is 2.29. The third kappa shape index (κ3) is 4.33. The second-order valence-corrected chi connectivity index (χ2v) is 5.91. The fraction of sp³-hybridized carbons (Fsp3) is 0.150. The van der Waals surface area contributed by atoms with Crippen molar-refractivity contribution in [3.05, 3.63) is 66.0 Å². The standard InChI is InChI=1S/C20H17N3O4/c1-12(24)14-7-9-15(10-8-14)22-19(25)13(2)27-20(26)18-11-21-16-5-3-4-6-17(16)23-18/h3-11,13H,1-2H3,(H,22,25)/t13-/m1/s1. The summed E-state index contributed by atoms with van der Waals surface area (Å²) in [6.07, 6.45) is 0.286. The maximum absolute atomic E-state index is 12.2. The number of nitrogens with zero attached hydrogens (tertiary/aromatic N) is 2. The van der Waals surface area contributed by atoms with Crippen LogP contribution in [0.25, 0.3) is 11.0 Å². The maximum atomic E-state index is 12.2. The summed E-state index contributed by atoms with van der Waals surface area (Å²) in [7, 11) is 0. The average Bonchev–Trinajstić information content (AvgIpc) is 2.67. The molecule has 7 heteroatoms. The fourth-order valence-corrected chi connectivity index (χ4v) is 2.36. The number of aromatic nitrogens is 2. The largest absolute Gasteiger partial charge is 0.448 e. The van der Waals surface area contributed by atoms with Crippen LogP contribution in [-0.2, 0) is 9.53 Å². The lowest BCUT2D eigenvalue weighted by Crippen LogP contribution is -2.30. The Bertz CT molecular complexity index is 1020. The minimum atomic E-state index is -1.03. The van der Waals surface area contributed by atoms with Crippen LogP contribution in [-0.4, -0.2) is 33.7 Å². The topological polar surface area (TPSA) is 98.2 Å². The van der Waals surface area contributed by atoms with E-state index in [9.17, 15) is 14.4 Å². The third-order valence-corrected chi connectivity index (χ3v) is 3.87. The molecular formula is C20H17N3O4. The molecule has 0 saturated heterocycles. The Balaban J connectivity index is 1.64. The van der Waals surface area contributed by atoms with Gasteiger partial charge < -0.3 is 10.1 Å². The van der Waals surface area contributed by atoms with Gasteiger partial charge in [-0.15, -0.1) is 0 Å². The Morgan fingerprint density at radius 1 is 1.00 bits per heavy atom. The molecule has 3 aromatic rings. The molecule has 0 spiro atoms. The van der Waals surface area contributed by atoms with Gasteiger partial charge in [-0.3, -0.25) is 14.6 Å². The van der Waals surface area contributed by atoms with Gasteiger partial charge >= 0.3 is 5.97 Å². The molecule has 7 nitrogen and oxygen atoms in total. The van der Waals surface area contributed by atoms with Crippen molar-refractivity contribution in [2.75, 3.05) is 5.32 Å². The molecule has 3 rings (SSSR count). The van der Waals surface area contributed by atoms with Crippen LogP contribution < -0.4 is 5.32 Å². The molecule has 27 heavy (non-hydrogen) atoms. The van der Waals surface area contributed by atoms with Crippen molar-refractivity contribution in [3.63, 3.8) is 0 Å². The van der Waals surface area contributed by atoms with E-state index in [4.69, 9.17) is 4.74 Å². The second kappa shape index (κ2) is 7.74. The molecule has 0 aliphatic carbocycles. The zero-order valence-electron chi connectivity index (χ0n) is 14.8. The van der Waals surface area contributed by atoms with Gasteiger partial charge in [-0.05, 0) is 50.2 Å². The molecule has 1 N–H and O–H groups in total. The van der Waals surface area contributed by atoms with Crippen molar-refractivity contribution in [2.45, 2.75) is 20.0 Å². The Morgan fingerprint density at radius 2 is 1.67 bits per heavy atom. The molecule has 1 aromatic heterocycles. The molecule has 0 saturated carbocycles. The van der Waals surface area contributed by atoms with Gasteiger partial charge in [0.2, 0.25) is 0 Å². The van der Waals surface area contributed by atoms with E-state index >= 15 is 0 Å². The summed E-state index contributed by atoms with van der Waals surface area (Å²) in [4.78, 5) is 44.1. The van der Waals surface area contributed by atoms with Gasteiger partial charge in [0.1, 0.15) is 0 Å². The number of para-hydroxylation sites is 2. The van der Waals surface area contributed by atoms with E-state index in [0.29, 0.717) is 22.3 Å². The number of esters is 1. The number of hydrogen-bond acceptors (Lipinski definition) is 6. The van der Waals surface area contributed by atoms with Crippen molar-refractivity contribution in [1.29, 1.82) is 0 Å². The summed E-state index contributed by atoms with van der Waals surface area (Å²) in [6, 6.07) is 13.6. The summed E-state index contributed by atoms with van der Waals surface area (Å²) in [6.45, 7) is 2.93. The number of carbonyl (C=O) groups is 3. The summed E-state index contributed by atoms with van der Waals surface area (Å²) in [5.74, 6) is -1.29. The quantitative estimate of drug-likeness (QED) is 0.553. The van der Waals surface area contributed by atoms with Crippen molar-refractivity contribution in [3.8, 4) is 0 Å². The molecule has 0 fully saturated rings. The van der Waals surface area contributed by atoms with Crippen molar-refractivity contribution < 1.29 is 19.1 Å². The molecular weight excluding hydrogens is 346 g/mol. The van der Waals surface area contributed by atoms with E-state index in [0.717, 1.165) is 0 Å². The van der Waals surface area contributed by atoms with Gasteiger partial charge in [0.25, 0.3) is 5.91 Å². The highest BCUT2D eigenvalue weighted by molar-refractivity contribution is 5.98. The van der Waals surface area contributed by atoms with E-state index in [1.165, 1.54) is 20.0 Å². The maximum Gasteiger partial charge on any atom is 0.359 e. The normalized spacial score (nSPS) is 11.6. The van der Waals surface area contributed by atoms with E-state index in [1.807, 2.05) is 6.07 Å². The average molecular weight is 363 g/mol. The highest BCUT2D eigenvalue weighted by atomic mass is 16.5. The number of ketones is 1. The SMILES string of the molecule is CC(=O)c1ccc(NC(=O)[C@@H](C)OC(=O)c2cnc3ccccc3n2)cc1. The molecule has 0 aliphatic rings. The van der Waals surface area contributed by atoms with Gasteiger partial charge in [0, 0.05) is 11.3 Å². The van der Waals surface area contributed by atoms with Crippen molar-refractivity contribution >= 4 is 34.4 Å². The highest BCUT2D eigenvalue weighted by Crippen LogP contribution is 2.12. The number of nitrogens with one attached hydrogen (secondary N) is 1. The van der Waals surface area contributed by atoms with E-state index in [-0.39, 0.29) is 11.5 Å². The number of hydrogen-bond donors (Lipinski definition) is 1. The number of rotatable bonds is 5. The van der Waals surface area contributed by atoms with E-state index < -0.39 is 18.0 Å². The molecule has 1 heterocycles. The predicted octanol–water partition coefficient (Wildman–Crippen LogP) is 3.02. The lowest BCUT2D eigenvalue weighted by Gasteiger charge is -2.13. The minimum absolute atomic E-state index is 0.0270. The van der Waals surface area contributed by atoms with Gasteiger partial charge in [-0.25, -0.2) is 9.78 Å². The lowest BCUT2D eigenvalue weighted by molar-refractivity contribution is -0.123. The number of anilines is 1. The zero-order chi connectivity index (χ0) is 19.4. The molecule has 1 amide bonds. The van der Waals surface area contributed by atoms with Gasteiger partial charge in [-0.1, -0.05) is 12.1 Å². The molecule has 0 bridgehead atoms. The Labute approximate surface area is 155 Å². The Hall–Kier alpha value is -3.61. The Kier molecular flexibility index (Phi) is 5.21. The first-order chi connectivity index (χ1) is 12.9. The molecule has 2 aromatic carbocycles. The fourth-order valence-electron chi connectivity index (χ4n) is 2.36. The summed E-state index contributed by atoms with van der Waals surface area (Å²) >= 11 is 0. The number of amides is 1. The van der Waals surface area contributed by atoms with Crippen LogP contribution in [0.15, 0.2) is 54.7 Å². The number of benzene rings is 2. The predicted molar refractivity (Wildman–Crippen MR) is 99.5 cm³/mol. The van der Waals surface area contributed by atoms with Gasteiger partial charge in [0.05, 0.1) is 17.2 Å². The number of carbonyl (C=O) groups excluding carboxylic acids is 3. The van der Waals surface area contributed by atoms with Crippen LogP contribution in [0.5, 0.6) is 0 Å². The molecule has 0 aliphatic heterocycles. The first-order valence-electron chi connectivity index (χ1n) is 8.28. The van der Waals surface area contributed by atoms with Crippen molar-refractivity contribution in [2.24, 2.45) is 0 Å². The van der Waals surface area contributed by atoms with Gasteiger partial charge in [-0.2, -0.15) is 0 Å². The second-order valence-electron chi connectivity index (χ2n) is 5.91. The summed E-state index contributed by atoms with van der Waals surface area (Å²) < 4.78 is 5.17. The van der Waals surface area contributed by atoms with Crippen LogP contribution in [0.3, 0.4) is 0 Å². The van der Waals surface area contributed by atoms with Crippen LogP contribution in [0.2, 0.25) is 0 Å². The Morgan fingerprint density at radius 3 is 2.33 bits per heavy atom.